The van der Waals surface area contributed by atoms with Crippen molar-refractivity contribution < 1.29 is 4.79 Å². The number of amides is 1. The third kappa shape index (κ3) is 1.86. The van der Waals surface area contributed by atoms with Crippen LogP contribution in [-0.2, 0) is 11.3 Å². The van der Waals surface area contributed by atoms with Crippen LogP contribution in [0, 0.1) is 6.92 Å². The van der Waals surface area contributed by atoms with Crippen LogP contribution in [0.2, 0.25) is 0 Å². The first kappa shape index (κ1) is 11.2. The van der Waals surface area contributed by atoms with Gasteiger partial charge in [0.15, 0.2) is 0 Å². The number of carbonyl (C=O) groups is 1. The number of pyridine rings is 1. The van der Waals surface area contributed by atoms with Gasteiger partial charge in [-0.1, -0.05) is 6.07 Å². The fourth-order valence-electron chi connectivity index (χ4n) is 2.00. The highest BCUT2D eigenvalue weighted by Gasteiger charge is 2.45. The van der Waals surface area contributed by atoms with Gasteiger partial charge in [-0.2, -0.15) is 0 Å². The molecule has 1 saturated carbocycles. The molecular formula is C13H16N4O. The second-order valence-electron chi connectivity index (χ2n) is 4.99. The summed E-state index contributed by atoms with van der Waals surface area (Å²) in [5, 5.41) is 2.84. The highest BCUT2D eigenvalue weighted by molar-refractivity contribution is 5.88. The van der Waals surface area contributed by atoms with Crippen molar-refractivity contribution in [2.75, 3.05) is 0 Å². The first-order valence-electron chi connectivity index (χ1n) is 6.09. The second kappa shape index (κ2) is 3.81. The maximum Gasteiger partial charge on any atom is 0.240 e. The number of rotatable bonds is 3. The van der Waals surface area contributed by atoms with E-state index in [0.29, 0.717) is 6.54 Å². The number of nitrogens with zero attached hydrogens (tertiary/aromatic N) is 2. The molecule has 2 aromatic heterocycles. The summed E-state index contributed by atoms with van der Waals surface area (Å²) in [6.07, 6.45) is 5.44. The minimum atomic E-state index is -0.616. The zero-order chi connectivity index (χ0) is 12.8. The van der Waals surface area contributed by atoms with Gasteiger partial charge in [0, 0.05) is 12.4 Å². The van der Waals surface area contributed by atoms with E-state index in [9.17, 15) is 4.79 Å². The molecule has 0 bridgehead atoms. The van der Waals surface area contributed by atoms with Gasteiger partial charge < -0.3 is 15.5 Å². The highest BCUT2D eigenvalue weighted by atomic mass is 16.2. The third-order valence-electron chi connectivity index (χ3n) is 3.40. The molecule has 0 spiro atoms. The van der Waals surface area contributed by atoms with Crippen LogP contribution < -0.4 is 11.1 Å². The molecule has 3 N–H and O–H groups in total. The lowest BCUT2D eigenvalue weighted by Gasteiger charge is -2.08. The number of aromatic nitrogens is 2. The zero-order valence-corrected chi connectivity index (χ0v) is 10.3. The quantitative estimate of drug-likeness (QED) is 0.837. The van der Waals surface area contributed by atoms with E-state index in [-0.39, 0.29) is 5.91 Å². The molecule has 0 radical (unpaired) electrons. The molecule has 0 atom stereocenters. The molecule has 94 valence electrons. The minimum Gasteiger partial charge on any atom is -0.349 e. The van der Waals surface area contributed by atoms with Crippen molar-refractivity contribution in [3.63, 3.8) is 0 Å². The van der Waals surface area contributed by atoms with E-state index in [2.05, 4.69) is 10.3 Å². The fourth-order valence-corrected chi connectivity index (χ4v) is 2.00. The van der Waals surface area contributed by atoms with Gasteiger partial charge in [-0.05, 0) is 31.4 Å². The van der Waals surface area contributed by atoms with Crippen LogP contribution in [0.4, 0.5) is 0 Å². The summed E-state index contributed by atoms with van der Waals surface area (Å²) < 4.78 is 1.96. The van der Waals surface area contributed by atoms with Crippen molar-refractivity contribution in [3.8, 4) is 0 Å². The molecule has 1 aliphatic rings. The van der Waals surface area contributed by atoms with Crippen LogP contribution in [-0.4, -0.2) is 20.8 Å². The number of hydrogen-bond acceptors (Lipinski definition) is 3. The number of imidazole rings is 1. The van der Waals surface area contributed by atoms with Gasteiger partial charge in [0.05, 0.1) is 17.8 Å². The van der Waals surface area contributed by atoms with Crippen LogP contribution in [0.25, 0.3) is 5.65 Å². The molecule has 1 fully saturated rings. The minimum absolute atomic E-state index is 0.0729. The SMILES string of the molecule is Cc1cccn2cc(CNC(=O)C3(N)CC3)nc12. The molecule has 0 aromatic carbocycles. The van der Waals surface area contributed by atoms with E-state index in [1.807, 2.05) is 35.9 Å². The summed E-state index contributed by atoms with van der Waals surface area (Å²) in [4.78, 5) is 16.2. The van der Waals surface area contributed by atoms with Crippen molar-refractivity contribution in [2.24, 2.45) is 5.73 Å². The van der Waals surface area contributed by atoms with Crippen LogP contribution in [0.1, 0.15) is 24.1 Å². The number of fused-ring (bicyclic) bond motifs is 1. The Morgan fingerprint density at radius 2 is 2.39 bits per heavy atom. The maximum absolute atomic E-state index is 11.7. The lowest BCUT2D eigenvalue weighted by molar-refractivity contribution is -0.123. The summed E-state index contributed by atoms with van der Waals surface area (Å²) in [5.74, 6) is -0.0729. The number of nitrogens with one attached hydrogen (secondary N) is 1. The van der Waals surface area contributed by atoms with E-state index >= 15 is 0 Å². The second-order valence-corrected chi connectivity index (χ2v) is 4.99. The van der Waals surface area contributed by atoms with Crippen LogP contribution >= 0.6 is 0 Å². The molecule has 18 heavy (non-hydrogen) atoms. The normalized spacial score (nSPS) is 16.8. The van der Waals surface area contributed by atoms with Crippen molar-refractivity contribution in [1.29, 1.82) is 0 Å². The Morgan fingerprint density at radius 3 is 3.06 bits per heavy atom. The molecule has 3 rings (SSSR count). The van der Waals surface area contributed by atoms with E-state index < -0.39 is 5.54 Å². The first-order valence-corrected chi connectivity index (χ1v) is 6.09. The summed E-state index contributed by atoms with van der Waals surface area (Å²) in [6, 6.07) is 4.00. The zero-order valence-electron chi connectivity index (χ0n) is 10.3. The van der Waals surface area contributed by atoms with Gasteiger partial charge in [-0.25, -0.2) is 4.98 Å². The van der Waals surface area contributed by atoms with Gasteiger partial charge in [0.2, 0.25) is 5.91 Å². The topological polar surface area (TPSA) is 72.4 Å². The van der Waals surface area contributed by atoms with E-state index in [1.165, 1.54) is 0 Å². The molecule has 2 aromatic rings. The Hall–Kier alpha value is -1.88. The van der Waals surface area contributed by atoms with E-state index in [1.54, 1.807) is 0 Å². The Bertz CT molecular complexity index is 612. The van der Waals surface area contributed by atoms with Gasteiger partial charge in [-0.3, -0.25) is 4.79 Å². The third-order valence-corrected chi connectivity index (χ3v) is 3.40. The number of hydrogen-bond donors (Lipinski definition) is 2. The average molecular weight is 244 g/mol. The van der Waals surface area contributed by atoms with Gasteiger partial charge in [-0.15, -0.1) is 0 Å². The maximum atomic E-state index is 11.7. The van der Waals surface area contributed by atoms with Gasteiger partial charge in [0.1, 0.15) is 5.65 Å². The smallest absolute Gasteiger partial charge is 0.240 e. The van der Waals surface area contributed by atoms with Crippen LogP contribution in [0.3, 0.4) is 0 Å². The Balaban J connectivity index is 1.75. The van der Waals surface area contributed by atoms with Crippen LogP contribution in [0.5, 0.6) is 0 Å². The Kier molecular flexibility index (Phi) is 2.38. The first-order chi connectivity index (χ1) is 8.58. The number of aryl methyl sites for hydroxylation is 1. The molecular weight excluding hydrogens is 228 g/mol. The summed E-state index contributed by atoms with van der Waals surface area (Å²) in [6.45, 7) is 2.45. The summed E-state index contributed by atoms with van der Waals surface area (Å²) in [7, 11) is 0. The number of carbonyl (C=O) groups excluding carboxylic acids is 1. The lowest BCUT2D eigenvalue weighted by atomic mass is 10.3. The van der Waals surface area contributed by atoms with Crippen molar-refractivity contribution >= 4 is 11.6 Å². The standard InChI is InChI=1S/C13H16N4O/c1-9-3-2-6-17-8-10(16-11(9)17)7-15-12(18)13(14)4-5-13/h2-3,6,8H,4-5,7,14H2,1H3,(H,15,18). The molecule has 5 nitrogen and oxygen atoms in total. The van der Waals surface area contributed by atoms with Crippen molar-refractivity contribution in [1.82, 2.24) is 14.7 Å². The average Bonchev–Trinajstić information content (AvgIpc) is 2.95. The fraction of sp³-hybridized carbons (Fsp3) is 0.385. The molecule has 0 saturated heterocycles. The Labute approximate surface area is 105 Å². The molecule has 0 aliphatic heterocycles. The highest BCUT2D eigenvalue weighted by Crippen LogP contribution is 2.32. The predicted molar refractivity (Wildman–Crippen MR) is 67.9 cm³/mol. The largest absolute Gasteiger partial charge is 0.349 e. The molecule has 0 unspecified atom stereocenters. The lowest BCUT2D eigenvalue weighted by Crippen LogP contribution is -2.42. The Morgan fingerprint density at radius 1 is 1.61 bits per heavy atom. The number of nitrogens with two attached hydrogens (primary N) is 1. The van der Waals surface area contributed by atoms with Crippen LogP contribution in [0.15, 0.2) is 24.5 Å². The summed E-state index contributed by atoms with van der Waals surface area (Å²) in [5.41, 5.74) is 8.09. The van der Waals surface area contributed by atoms with Crippen molar-refractivity contribution in [2.45, 2.75) is 31.8 Å². The van der Waals surface area contributed by atoms with E-state index in [4.69, 9.17) is 5.73 Å². The van der Waals surface area contributed by atoms with E-state index in [0.717, 1.165) is 29.7 Å². The molecule has 1 amide bonds. The van der Waals surface area contributed by atoms with Gasteiger partial charge >= 0.3 is 0 Å². The monoisotopic (exact) mass is 244 g/mol. The molecule has 2 heterocycles. The van der Waals surface area contributed by atoms with Crippen molar-refractivity contribution in [3.05, 3.63) is 35.8 Å². The van der Waals surface area contributed by atoms with Gasteiger partial charge in [0.25, 0.3) is 0 Å². The predicted octanol–water partition coefficient (Wildman–Crippen LogP) is 0.750. The molecule has 5 heteroatoms. The summed E-state index contributed by atoms with van der Waals surface area (Å²) >= 11 is 0. The molecule has 1 aliphatic carbocycles.